The molecule has 1 N–H and O–H groups in total. The highest BCUT2D eigenvalue weighted by molar-refractivity contribution is 7.89. The topological polar surface area (TPSA) is 69.7 Å². The Morgan fingerprint density at radius 1 is 0.812 bits per heavy atom. The fourth-order valence-corrected chi connectivity index (χ4v) is 6.39. The number of hydrogen-bond acceptors (Lipinski definition) is 4. The Bertz CT molecular complexity index is 998. The molecule has 0 spiro atoms. The van der Waals surface area contributed by atoms with Gasteiger partial charge < -0.3 is 4.90 Å². The molecule has 2 aliphatic rings. The van der Waals surface area contributed by atoms with Gasteiger partial charge >= 0.3 is 0 Å². The van der Waals surface area contributed by atoms with E-state index in [-0.39, 0.29) is 5.91 Å². The van der Waals surface area contributed by atoms with Gasteiger partial charge in [0.1, 0.15) is 6.04 Å². The molecular weight excluding hydrogens is 422 g/mol. The van der Waals surface area contributed by atoms with E-state index in [4.69, 9.17) is 0 Å². The first-order valence-corrected chi connectivity index (χ1v) is 13.2. The summed E-state index contributed by atoms with van der Waals surface area (Å²) in [6.07, 6.45) is 6.11. The molecule has 0 bridgehead atoms. The highest BCUT2D eigenvalue weighted by Gasteiger charge is 2.30. The van der Waals surface area contributed by atoms with Gasteiger partial charge in [-0.15, -0.1) is 0 Å². The third-order valence-electron chi connectivity index (χ3n) is 6.45. The fourth-order valence-electron chi connectivity index (χ4n) is 4.65. The van der Waals surface area contributed by atoms with Gasteiger partial charge in [-0.2, -0.15) is 4.31 Å². The Hall–Kier alpha value is -2.22. The van der Waals surface area contributed by atoms with Crippen LogP contribution in [-0.4, -0.2) is 49.7 Å². The van der Waals surface area contributed by atoms with Crippen molar-refractivity contribution < 1.29 is 13.2 Å². The molecule has 2 fully saturated rings. The van der Waals surface area contributed by atoms with Crippen LogP contribution in [0.4, 0.5) is 0 Å². The van der Waals surface area contributed by atoms with Gasteiger partial charge in [-0.25, -0.2) is 8.42 Å². The number of carbonyl (C=O) groups excluding carboxylic acids is 1. The molecule has 1 amide bonds. The van der Waals surface area contributed by atoms with Crippen LogP contribution in [0.3, 0.4) is 0 Å². The van der Waals surface area contributed by atoms with Crippen LogP contribution in [0.1, 0.15) is 55.7 Å². The lowest BCUT2D eigenvalue weighted by Crippen LogP contribution is -2.43. The van der Waals surface area contributed by atoms with Crippen molar-refractivity contribution in [3.05, 3.63) is 65.7 Å². The second-order valence-corrected chi connectivity index (χ2v) is 10.6. The Morgan fingerprint density at radius 3 is 2.09 bits per heavy atom. The maximum atomic E-state index is 13.4. The van der Waals surface area contributed by atoms with E-state index < -0.39 is 16.1 Å². The molecule has 2 aromatic carbocycles. The van der Waals surface area contributed by atoms with E-state index >= 15 is 0 Å². The predicted octanol–water partition coefficient (Wildman–Crippen LogP) is 3.70. The zero-order valence-electron chi connectivity index (χ0n) is 18.6. The van der Waals surface area contributed by atoms with Crippen molar-refractivity contribution in [2.75, 3.05) is 26.2 Å². The summed E-state index contributed by atoms with van der Waals surface area (Å²) >= 11 is 0. The number of nitrogens with one attached hydrogen (secondary N) is 1. The van der Waals surface area contributed by atoms with Gasteiger partial charge in [0.15, 0.2) is 0 Å². The van der Waals surface area contributed by atoms with Crippen LogP contribution in [0.2, 0.25) is 0 Å². The van der Waals surface area contributed by atoms with E-state index in [2.05, 4.69) is 5.32 Å². The van der Waals surface area contributed by atoms with Crippen LogP contribution in [0.15, 0.2) is 59.5 Å². The zero-order chi connectivity index (χ0) is 22.4. The summed E-state index contributed by atoms with van der Waals surface area (Å²) in [4.78, 5) is 15.7. The van der Waals surface area contributed by atoms with Gasteiger partial charge in [-0.3, -0.25) is 10.1 Å². The van der Waals surface area contributed by atoms with Crippen molar-refractivity contribution >= 4 is 15.9 Å². The fraction of sp³-hybridized carbons (Fsp3) is 0.480. The van der Waals surface area contributed by atoms with Crippen LogP contribution in [-0.2, 0) is 21.4 Å². The quantitative estimate of drug-likeness (QED) is 0.691. The van der Waals surface area contributed by atoms with Crippen molar-refractivity contribution in [2.45, 2.75) is 56.0 Å². The van der Waals surface area contributed by atoms with Crippen LogP contribution in [0.5, 0.6) is 0 Å². The van der Waals surface area contributed by atoms with E-state index in [0.717, 1.165) is 57.2 Å². The van der Waals surface area contributed by atoms with Gasteiger partial charge in [0, 0.05) is 32.7 Å². The van der Waals surface area contributed by atoms with E-state index in [9.17, 15) is 13.2 Å². The highest BCUT2D eigenvalue weighted by Crippen LogP contribution is 2.25. The number of piperidine rings is 2. The molecule has 1 atom stereocenters. The third-order valence-corrected chi connectivity index (χ3v) is 8.45. The molecule has 2 aromatic rings. The number of amides is 1. The minimum Gasteiger partial charge on any atom is -0.341 e. The summed E-state index contributed by atoms with van der Waals surface area (Å²) < 4.78 is 28.3. The molecular formula is C25H33N3O3S. The van der Waals surface area contributed by atoms with Gasteiger partial charge in [0.05, 0.1) is 4.90 Å². The average Bonchev–Trinajstić information content (AvgIpc) is 2.86. The van der Waals surface area contributed by atoms with Crippen LogP contribution in [0.25, 0.3) is 0 Å². The average molecular weight is 456 g/mol. The van der Waals surface area contributed by atoms with Gasteiger partial charge in [-0.05, 0) is 49.3 Å². The number of benzene rings is 2. The minimum atomic E-state index is -3.55. The summed E-state index contributed by atoms with van der Waals surface area (Å²) in [6, 6.07) is 16.4. The number of nitrogens with zero attached hydrogens (tertiary/aromatic N) is 2. The first-order chi connectivity index (χ1) is 15.6. The lowest BCUT2D eigenvalue weighted by atomic mass is 10.0. The lowest BCUT2D eigenvalue weighted by Gasteiger charge is -2.31. The highest BCUT2D eigenvalue weighted by atomic mass is 32.2. The minimum absolute atomic E-state index is 0.0623. The normalized spacial score (nSPS) is 18.9. The second kappa shape index (κ2) is 10.6. The Balaban J connectivity index is 1.56. The second-order valence-electron chi connectivity index (χ2n) is 8.68. The summed E-state index contributed by atoms with van der Waals surface area (Å²) in [5.74, 6) is 0.0623. The Kier molecular flexibility index (Phi) is 7.60. The van der Waals surface area contributed by atoms with E-state index in [1.54, 1.807) is 16.4 Å². The molecule has 2 saturated heterocycles. The number of hydrogen-bond donors (Lipinski definition) is 1. The Labute approximate surface area is 191 Å². The predicted molar refractivity (Wildman–Crippen MR) is 126 cm³/mol. The summed E-state index contributed by atoms with van der Waals surface area (Å²) in [5, 5.41) is 3.39. The van der Waals surface area contributed by atoms with Crippen LogP contribution < -0.4 is 5.32 Å². The largest absolute Gasteiger partial charge is 0.341 e. The molecule has 32 heavy (non-hydrogen) atoms. The molecule has 0 saturated carbocycles. The summed E-state index contributed by atoms with van der Waals surface area (Å²) in [6.45, 7) is 3.02. The summed E-state index contributed by atoms with van der Waals surface area (Å²) in [7, 11) is -3.55. The zero-order valence-corrected chi connectivity index (χ0v) is 19.4. The number of carbonyl (C=O) groups is 1. The van der Waals surface area contributed by atoms with Crippen LogP contribution >= 0.6 is 0 Å². The molecule has 2 heterocycles. The van der Waals surface area contributed by atoms with Gasteiger partial charge in [0.2, 0.25) is 15.9 Å². The van der Waals surface area contributed by atoms with Crippen LogP contribution in [0, 0.1) is 0 Å². The van der Waals surface area contributed by atoms with Crippen molar-refractivity contribution in [1.29, 1.82) is 0 Å². The third kappa shape index (κ3) is 5.22. The molecule has 7 heteroatoms. The maximum absolute atomic E-state index is 13.4. The molecule has 0 unspecified atom stereocenters. The first-order valence-electron chi connectivity index (χ1n) is 11.7. The molecule has 6 nitrogen and oxygen atoms in total. The smallest absolute Gasteiger partial charge is 0.244 e. The van der Waals surface area contributed by atoms with Crippen molar-refractivity contribution in [1.82, 2.24) is 14.5 Å². The first kappa shape index (κ1) is 23.0. The van der Waals surface area contributed by atoms with Gasteiger partial charge in [-0.1, -0.05) is 55.0 Å². The lowest BCUT2D eigenvalue weighted by molar-refractivity contribution is -0.134. The monoisotopic (exact) mass is 455 g/mol. The number of likely N-dealkylation sites (tertiary alicyclic amines) is 1. The number of rotatable bonds is 7. The maximum Gasteiger partial charge on any atom is 0.244 e. The molecule has 172 valence electrons. The SMILES string of the molecule is O=C([C@H](NCc1ccccc1S(=O)(=O)N1CCCCC1)c1ccccc1)N1CCCCC1. The molecule has 0 aromatic heterocycles. The van der Waals surface area contributed by atoms with E-state index in [1.807, 2.05) is 47.4 Å². The molecule has 0 aliphatic carbocycles. The van der Waals surface area contributed by atoms with E-state index in [1.165, 1.54) is 0 Å². The van der Waals surface area contributed by atoms with Crippen molar-refractivity contribution in [3.63, 3.8) is 0 Å². The molecule has 0 radical (unpaired) electrons. The molecule has 4 rings (SSSR count). The summed E-state index contributed by atoms with van der Waals surface area (Å²) in [5.41, 5.74) is 1.60. The molecule has 2 aliphatic heterocycles. The standard InChI is InChI=1S/C25H33N3O3S/c29-25(27-16-8-2-9-17-27)24(21-12-4-1-5-13-21)26-20-22-14-6-7-15-23(22)32(30,31)28-18-10-3-11-19-28/h1,4-7,12-15,24,26H,2-3,8-11,16-20H2/t24-/m1/s1. The number of sulfonamides is 1. The van der Waals surface area contributed by atoms with Gasteiger partial charge in [0.25, 0.3) is 0 Å². The van der Waals surface area contributed by atoms with Crippen molar-refractivity contribution in [3.8, 4) is 0 Å². The Morgan fingerprint density at radius 2 is 1.41 bits per heavy atom. The van der Waals surface area contributed by atoms with E-state index in [0.29, 0.717) is 30.1 Å². The van der Waals surface area contributed by atoms with Crippen molar-refractivity contribution in [2.24, 2.45) is 0 Å².